The van der Waals surface area contributed by atoms with Crippen LogP contribution in [0.3, 0.4) is 0 Å². The predicted octanol–water partition coefficient (Wildman–Crippen LogP) is 4.55. The maximum Gasteiger partial charge on any atom is 0.311 e. The van der Waals surface area contributed by atoms with Crippen LogP contribution in [0, 0.1) is 0 Å². The molecule has 0 saturated carbocycles. The predicted molar refractivity (Wildman–Crippen MR) is 96.5 cm³/mol. The van der Waals surface area contributed by atoms with Crippen LogP contribution in [0.1, 0.15) is 22.8 Å². The molecule has 0 N–H and O–H groups in total. The van der Waals surface area contributed by atoms with E-state index >= 15 is 0 Å². The number of para-hydroxylation sites is 1. The maximum atomic E-state index is 12.6. The van der Waals surface area contributed by atoms with Crippen molar-refractivity contribution in [3.05, 3.63) is 89.5 Å². The number of carbonyl (C=O) groups excluding carboxylic acids is 1. The fraction of sp³-hybridized carbons (Fsp3) is 0.136. The zero-order valence-corrected chi connectivity index (χ0v) is 13.9. The normalized spacial score (nSPS) is 12.4. The van der Waals surface area contributed by atoms with E-state index in [2.05, 4.69) is 12.1 Å². The number of carbonyl (C=O) groups is 1. The molecule has 1 aliphatic rings. The van der Waals surface area contributed by atoms with Crippen LogP contribution in [0.25, 0.3) is 11.1 Å². The third-order valence-corrected chi connectivity index (χ3v) is 4.55. The molecular weight excluding hydrogens is 312 g/mol. The van der Waals surface area contributed by atoms with E-state index in [4.69, 9.17) is 9.47 Å². The van der Waals surface area contributed by atoms with Crippen molar-refractivity contribution in [1.82, 2.24) is 0 Å². The van der Waals surface area contributed by atoms with Gasteiger partial charge in [-0.15, -0.1) is 0 Å². The number of rotatable bonds is 4. The van der Waals surface area contributed by atoms with Crippen LogP contribution in [0.15, 0.2) is 72.8 Å². The summed E-state index contributed by atoms with van der Waals surface area (Å²) in [7, 11) is 1.60. The smallest absolute Gasteiger partial charge is 0.311 e. The Bertz CT molecular complexity index is 884. The zero-order chi connectivity index (χ0) is 17.2. The second kappa shape index (κ2) is 6.44. The summed E-state index contributed by atoms with van der Waals surface area (Å²) in [5.41, 5.74) is 5.17. The number of ether oxygens (including phenoxy) is 2. The van der Waals surface area contributed by atoms with Crippen molar-refractivity contribution in [3.63, 3.8) is 0 Å². The summed E-state index contributed by atoms with van der Waals surface area (Å²) >= 11 is 0. The molecule has 0 amide bonds. The average molecular weight is 330 g/mol. The number of benzene rings is 3. The van der Waals surface area contributed by atoms with Gasteiger partial charge in [0.25, 0.3) is 0 Å². The third kappa shape index (κ3) is 2.78. The van der Waals surface area contributed by atoms with Gasteiger partial charge in [0.05, 0.1) is 13.5 Å². The van der Waals surface area contributed by atoms with Crippen LogP contribution >= 0.6 is 0 Å². The van der Waals surface area contributed by atoms with Crippen LogP contribution in [0.4, 0.5) is 0 Å². The standard InChI is InChI=1S/C22H18O3/c1-24-20-13-7-2-8-15(20)14-21(23)25-22-18-11-5-3-9-16(18)17-10-4-6-12-19(17)22/h2-13,22H,14H2,1H3. The van der Waals surface area contributed by atoms with Crippen LogP contribution < -0.4 is 4.74 Å². The van der Waals surface area contributed by atoms with Crippen molar-refractivity contribution < 1.29 is 14.3 Å². The molecule has 3 aromatic carbocycles. The second-order valence-electron chi connectivity index (χ2n) is 6.03. The number of hydrogen-bond donors (Lipinski definition) is 0. The minimum absolute atomic E-state index is 0.185. The fourth-order valence-corrected chi connectivity index (χ4v) is 3.41. The molecule has 0 saturated heterocycles. The van der Waals surface area contributed by atoms with Crippen LogP contribution in [0.5, 0.6) is 5.75 Å². The lowest BCUT2D eigenvalue weighted by atomic mass is 10.1. The first-order valence-electron chi connectivity index (χ1n) is 8.27. The molecule has 0 heterocycles. The first-order valence-corrected chi connectivity index (χ1v) is 8.27. The second-order valence-corrected chi connectivity index (χ2v) is 6.03. The highest BCUT2D eigenvalue weighted by Gasteiger charge is 2.31. The fourth-order valence-electron chi connectivity index (χ4n) is 3.41. The average Bonchev–Trinajstić information content (AvgIpc) is 2.96. The lowest BCUT2D eigenvalue weighted by Gasteiger charge is -2.16. The SMILES string of the molecule is COc1ccccc1CC(=O)OC1c2ccccc2-c2ccccc21. The summed E-state index contributed by atoms with van der Waals surface area (Å²) in [6.07, 6.45) is -0.167. The van der Waals surface area contributed by atoms with Crippen molar-refractivity contribution in [2.24, 2.45) is 0 Å². The van der Waals surface area contributed by atoms with E-state index < -0.39 is 0 Å². The van der Waals surface area contributed by atoms with Crippen molar-refractivity contribution in [1.29, 1.82) is 0 Å². The molecular formula is C22H18O3. The van der Waals surface area contributed by atoms with Crippen molar-refractivity contribution >= 4 is 5.97 Å². The molecule has 0 atom stereocenters. The maximum absolute atomic E-state index is 12.6. The Morgan fingerprint density at radius 3 is 2.04 bits per heavy atom. The summed E-state index contributed by atoms with van der Waals surface area (Å²) in [5.74, 6) is 0.438. The summed E-state index contributed by atoms with van der Waals surface area (Å²) < 4.78 is 11.2. The van der Waals surface area contributed by atoms with Crippen molar-refractivity contribution in [2.45, 2.75) is 12.5 Å². The highest BCUT2D eigenvalue weighted by molar-refractivity contribution is 5.80. The quantitative estimate of drug-likeness (QED) is 0.658. The van der Waals surface area contributed by atoms with Gasteiger partial charge < -0.3 is 9.47 Å². The van der Waals surface area contributed by atoms with Crippen LogP contribution in [-0.4, -0.2) is 13.1 Å². The minimum atomic E-state index is -0.352. The van der Waals surface area contributed by atoms with E-state index in [-0.39, 0.29) is 18.5 Å². The molecule has 124 valence electrons. The van der Waals surface area contributed by atoms with Crippen LogP contribution in [-0.2, 0) is 16.0 Å². The summed E-state index contributed by atoms with van der Waals surface area (Å²) in [6, 6.07) is 23.7. The van der Waals surface area contributed by atoms with Crippen molar-refractivity contribution in [3.8, 4) is 16.9 Å². The van der Waals surface area contributed by atoms with E-state index in [0.29, 0.717) is 5.75 Å². The molecule has 0 fully saturated rings. The Balaban J connectivity index is 1.61. The van der Waals surface area contributed by atoms with E-state index in [1.54, 1.807) is 7.11 Å². The number of fused-ring (bicyclic) bond motifs is 3. The minimum Gasteiger partial charge on any atom is -0.496 e. The molecule has 0 bridgehead atoms. The van der Waals surface area contributed by atoms with E-state index in [9.17, 15) is 4.79 Å². The Hall–Kier alpha value is -3.07. The number of hydrogen-bond acceptors (Lipinski definition) is 3. The molecule has 4 rings (SSSR count). The first-order chi connectivity index (χ1) is 12.3. The molecule has 0 spiro atoms. The summed E-state index contributed by atoms with van der Waals surface area (Å²) in [5, 5.41) is 0. The highest BCUT2D eigenvalue weighted by atomic mass is 16.5. The van der Waals surface area contributed by atoms with Gasteiger partial charge in [-0.3, -0.25) is 4.79 Å². The van der Waals surface area contributed by atoms with E-state index in [0.717, 1.165) is 27.8 Å². The van der Waals surface area contributed by atoms with Gasteiger partial charge in [-0.05, 0) is 17.2 Å². The van der Waals surface area contributed by atoms with Gasteiger partial charge in [0, 0.05) is 16.7 Å². The Labute approximate surface area is 146 Å². The molecule has 0 unspecified atom stereocenters. The van der Waals surface area contributed by atoms with E-state index in [1.165, 1.54) is 0 Å². The molecule has 3 nitrogen and oxygen atoms in total. The Kier molecular flexibility index (Phi) is 3.98. The molecule has 3 heteroatoms. The van der Waals surface area contributed by atoms with Gasteiger partial charge in [0.2, 0.25) is 0 Å². The van der Waals surface area contributed by atoms with Gasteiger partial charge >= 0.3 is 5.97 Å². The Morgan fingerprint density at radius 1 is 0.840 bits per heavy atom. The third-order valence-electron chi connectivity index (χ3n) is 4.55. The summed E-state index contributed by atoms with van der Waals surface area (Å²) in [4.78, 5) is 12.6. The topological polar surface area (TPSA) is 35.5 Å². The Morgan fingerprint density at radius 2 is 1.40 bits per heavy atom. The zero-order valence-electron chi connectivity index (χ0n) is 13.9. The molecule has 1 aliphatic carbocycles. The molecule has 0 aromatic heterocycles. The van der Waals surface area contributed by atoms with Gasteiger partial charge in [-0.1, -0.05) is 66.7 Å². The molecule has 0 radical (unpaired) electrons. The number of esters is 1. The van der Waals surface area contributed by atoms with Gasteiger partial charge in [-0.25, -0.2) is 0 Å². The molecule has 25 heavy (non-hydrogen) atoms. The summed E-state index contributed by atoms with van der Waals surface area (Å²) in [6.45, 7) is 0. The van der Waals surface area contributed by atoms with E-state index in [1.807, 2.05) is 60.7 Å². The lowest BCUT2D eigenvalue weighted by Crippen LogP contribution is -2.13. The van der Waals surface area contributed by atoms with Gasteiger partial charge in [-0.2, -0.15) is 0 Å². The molecule has 0 aliphatic heterocycles. The van der Waals surface area contributed by atoms with Gasteiger partial charge in [0.15, 0.2) is 6.10 Å². The first kappa shape index (κ1) is 15.5. The van der Waals surface area contributed by atoms with Crippen molar-refractivity contribution in [2.75, 3.05) is 7.11 Å². The lowest BCUT2D eigenvalue weighted by molar-refractivity contribution is -0.146. The van der Waals surface area contributed by atoms with Crippen LogP contribution in [0.2, 0.25) is 0 Å². The largest absolute Gasteiger partial charge is 0.496 e. The highest BCUT2D eigenvalue weighted by Crippen LogP contribution is 2.45. The number of methoxy groups -OCH3 is 1. The molecule has 3 aromatic rings. The monoisotopic (exact) mass is 330 g/mol. The van der Waals surface area contributed by atoms with Gasteiger partial charge in [0.1, 0.15) is 5.75 Å².